The van der Waals surface area contributed by atoms with Crippen molar-refractivity contribution in [2.45, 2.75) is 4.90 Å². The number of primary amides is 1. The van der Waals surface area contributed by atoms with E-state index in [0.29, 0.717) is 5.82 Å². The molecule has 18 heavy (non-hydrogen) atoms. The number of aromatic nitrogens is 2. The molecule has 2 aromatic rings. The van der Waals surface area contributed by atoms with Gasteiger partial charge < -0.3 is 11.1 Å². The summed E-state index contributed by atoms with van der Waals surface area (Å²) in [7, 11) is -1.01. The standard InChI is InChI=1S/C11H12N4O2S/c1-18(17)8-4-2-7(3-5-8)14-11-9(10(12)16)6-13-15-11/h2-6H,1H3,(H2,12,16)(H2,13,14,15). The van der Waals surface area contributed by atoms with Gasteiger partial charge in [-0.05, 0) is 24.3 Å². The second-order valence-corrected chi connectivity index (χ2v) is 5.01. The maximum absolute atomic E-state index is 11.2. The zero-order valence-corrected chi connectivity index (χ0v) is 10.5. The van der Waals surface area contributed by atoms with Crippen LogP contribution in [-0.2, 0) is 10.8 Å². The summed E-state index contributed by atoms with van der Waals surface area (Å²) in [6.07, 6.45) is 2.97. The van der Waals surface area contributed by atoms with Gasteiger partial charge >= 0.3 is 0 Å². The van der Waals surface area contributed by atoms with Crippen molar-refractivity contribution in [1.82, 2.24) is 10.2 Å². The predicted octanol–water partition coefficient (Wildman–Crippen LogP) is 0.990. The normalized spacial score (nSPS) is 12.1. The molecule has 0 aliphatic carbocycles. The molecule has 1 aromatic heterocycles. The van der Waals surface area contributed by atoms with E-state index < -0.39 is 16.7 Å². The van der Waals surface area contributed by atoms with Gasteiger partial charge in [-0.25, -0.2) is 0 Å². The van der Waals surface area contributed by atoms with Gasteiger partial charge in [0.2, 0.25) is 0 Å². The van der Waals surface area contributed by atoms with E-state index in [1.54, 1.807) is 30.5 Å². The fourth-order valence-corrected chi connectivity index (χ4v) is 1.96. The minimum Gasteiger partial charge on any atom is -0.365 e. The average Bonchev–Trinajstić information content (AvgIpc) is 2.78. The van der Waals surface area contributed by atoms with Crippen LogP contribution in [0.1, 0.15) is 10.4 Å². The summed E-state index contributed by atoms with van der Waals surface area (Å²) in [6.45, 7) is 0. The van der Waals surface area contributed by atoms with Gasteiger partial charge in [0.05, 0.1) is 6.20 Å². The number of nitrogens with one attached hydrogen (secondary N) is 2. The lowest BCUT2D eigenvalue weighted by Gasteiger charge is -2.05. The third kappa shape index (κ3) is 2.57. The molecule has 0 saturated heterocycles. The quantitative estimate of drug-likeness (QED) is 0.766. The minimum atomic E-state index is -1.01. The van der Waals surface area contributed by atoms with E-state index in [1.807, 2.05) is 0 Å². The van der Waals surface area contributed by atoms with Gasteiger partial charge in [0.1, 0.15) is 11.4 Å². The fraction of sp³-hybridized carbons (Fsp3) is 0.0909. The van der Waals surface area contributed by atoms with E-state index in [2.05, 4.69) is 15.5 Å². The number of carbonyl (C=O) groups excluding carboxylic acids is 1. The number of hydrogen-bond acceptors (Lipinski definition) is 4. The molecule has 7 heteroatoms. The van der Waals surface area contributed by atoms with Crippen molar-refractivity contribution >= 4 is 28.2 Å². The number of aromatic amines is 1. The van der Waals surface area contributed by atoms with Crippen LogP contribution in [0, 0.1) is 0 Å². The van der Waals surface area contributed by atoms with Crippen molar-refractivity contribution in [3.05, 3.63) is 36.0 Å². The Bertz CT molecular complexity index is 591. The van der Waals surface area contributed by atoms with E-state index in [9.17, 15) is 9.00 Å². The first-order chi connectivity index (χ1) is 8.58. The highest BCUT2D eigenvalue weighted by atomic mass is 32.2. The first-order valence-electron chi connectivity index (χ1n) is 5.11. The van der Waals surface area contributed by atoms with Crippen molar-refractivity contribution in [2.24, 2.45) is 5.73 Å². The molecule has 2 rings (SSSR count). The molecule has 0 saturated carbocycles. The Morgan fingerprint density at radius 1 is 1.39 bits per heavy atom. The molecule has 94 valence electrons. The van der Waals surface area contributed by atoms with Gasteiger partial charge in [0, 0.05) is 27.6 Å². The van der Waals surface area contributed by atoms with Crippen LogP contribution in [0.15, 0.2) is 35.4 Å². The molecule has 1 atom stereocenters. The Morgan fingerprint density at radius 2 is 2.06 bits per heavy atom. The SMILES string of the molecule is CS(=O)c1ccc(Nc2[nH]ncc2C(N)=O)cc1. The lowest BCUT2D eigenvalue weighted by atomic mass is 10.3. The zero-order valence-electron chi connectivity index (χ0n) is 9.64. The summed E-state index contributed by atoms with van der Waals surface area (Å²) < 4.78 is 11.2. The molecule has 0 radical (unpaired) electrons. The van der Waals surface area contributed by atoms with Crippen molar-refractivity contribution in [3.63, 3.8) is 0 Å². The van der Waals surface area contributed by atoms with Crippen molar-refractivity contribution in [1.29, 1.82) is 0 Å². The molecule has 0 aliphatic heterocycles. The highest BCUT2D eigenvalue weighted by Crippen LogP contribution is 2.19. The summed E-state index contributed by atoms with van der Waals surface area (Å²) in [4.78, 5) is 11.8. The molecule has 0 spiro atoms. The topological polar surface area (TPSA) is 101 Å². The molecule has 4 N–H and O–H groups in total. The monoisotopic (exact) mass is 264 g/mol. The summed E-state index contributed by atoms with van der Waals surface area (Å²) in [5.74, 6) is -0.120. The predicted molar refractivity (Wildman–Crippen MR) is 69.2 cm³/mol. The van der Waals surface area contributed by atoms with Crippen molar-refractivity contribution in [2.75, 3.05) is 11.6 Å². The lowest BCUT2D eigenvalue weighted by molar-refractivity contribution is 0.100. The van der Waals surface area contributed by atoms with E-state index in [0.717, 1.165) is 10.6 Å². The molecule has 0 fully saturated rings. The number of H-pyrrole nitrogens is 1. The Morgan fingerprint density at radius 3 is 2.61 bits per heavy atom. The van der Waals surface area contributed by atoms with Crippen LogP contribution in [0.5, 0.6) is 0 Å². The average molecular weight is 264 g/mol. The summed E-state index contributed by atoms with van der Waals surface area (Å²) in [5, 5.41) is 9.38. The Labute approximate surface area is 106 Å². The van der Waals surface area contributed by atoms with E-state index in [-0.39, 0.29) is 5.56 Å². The number of nitrogens with two attached hydrogens (primary N) is 1. The van der Waals surface area contributed by atoms with Crippen LogP contribution >= 0.6 is 0 Å². The molecular formula is C11H12N4O2S. The maximum Gasteiger partial charge on any atom is 0.254 e. The maximum atomic E-state index is 11.2. The van der Waals surface area contributed by atoms with Crippen LogP contribution in [0.3, 0.4) is 0 Å². The van der Waals surface area contributed by atoms with Gasteiger partial charge in [-0.1, -0.05) is 0 Å². The Kier molecular flexibility index (Phi) is 3.42. The van der Waals surface area contributed by atoms with Crippen molar-refractivity contribution in [3.8, 4) is 0 Å². The summed E-state index contributed by atoms with van der Waals surface area (Å²) >= 11 is 0. The highest BCUT2D eigenvalue weighted by Gasteiger charge is 2.10. The van der Waals surface area contributed by atoms with Crippen LogP contribution in [-0.4, -0.2) is 26.6 Å². The molecular weight excluding hydrogens is 252 g/mol. The Hall–Kier alpha value is -2.15. The van der Waals surface area contributed by atoms with Gasteiger partial charge in [0.25, 0.3) is 5.91 Å². The number of carbonyl (C=O) groups is 1. The third-order valence-corrected chi connectivity index (χ3v) is 3.30. The molecule has 1 unspecified atom stereocenters. The van der Waals surface area contributed by atoms with Gasteiger partial charge in [-0.2, -0.15) is 5.10 Å². The second-order valence-electron chi connectivity index (χ2n) is 3.63. The molecule has 1 aromatic carbocycles. The first-order valence-corrected chi connectivity index (χ1v) is 6.67. The summed E-state index contributed by atoms with van der Waals surface area (Å²) in [5.41, 5.74) is 6.23. The highest BCUT2D eigenvalue weighted by molar-refractivity contribution is 7.84. The van der Waals surface area contributed by atoms with Crippen LogP contribution < -0.4 is 11.1 Å². The van der Waals surface area contributed by atoms with Crippen LogP contribution in [0.2, 0.25) is 0 Å². The van der Waals surface area contributed by atoms with Gasteiger partial charge in [-0.3, -0.25) is 14.1 Å². The molecule has 6 nitrogen and oxygen atoms in total. The zero-order chi connectivity index (χ0) is 13.1. The minimum absolute atomic E-state index is 0.290. The Balaban J connectivity index is 2.21. The smallest absolute Gasteiger partial charge is 0.254 e. The van der Waals surface area contributed by atoms with E-state index in [1.165, 1.54) is 6.20 Å². The summed E-state index contributed by atoms with van der Waals surface area (Å²) in [6, 6.07) is 7.03. The number of benzene rings is 1. The van der Waals surface area contributed by atoms with Gasteiger partial charge in [-0.15, -0.1) is 0 Å². The number of rotatable bonds is 4. The van der Waals surface area contributed by atoms with E-state index in [4.69, 9.17) is 5.73 Å². The molecule has 0 bridgehead atoms. The van der Waals surface area contributed by atoms with Crippen molar-refractivity contribution < 1.29 is 9.00 Å². The van der Waals surface area contributed by atoms with E-state index >= 15 is 0 Å². The number of nitrogens with zero attached hydrogens (tertiary/aromatic N) is 1. The largest absolute Gasteiger partial charge is 0.365 e. The number of anilines is 2. The fourth-order valence-electron chi connectivity index (χ4n) is 1.44. The van der Waals surface area contributed by atoms with Gasteiger partial charge in [0.15, 0.2) is 0 Å². The number of hydrogen-bond donors (Lipinski definition) is 3. The number of amides is 1. The lowest BCUT2D eigenvalue weighted by Crippen LogP contribution is -2.11. The molecule has 1 heterocycles. The molecule has 1 amide bonds. The third-order valence-electron chi connectivity index (χ3n) is 2.36. The molecule has 0 aliphatic rings. The first kappa shape index (κ1) is 12.3. The van der Waals surface area contributed by atoms with Crippen LogP contribution in [0.4, 0.5) is 11.5 Å². The second kappa shape index (κ2) is 5.01. The van der Waals surface area contributed by atoms with Crippen LogP contribution in [0.25, 0.3) is 0 Å².